The van der Waals surface area contributed by atoms with Gasteiger partial charge in [0.2, 0.25) is 15.9 Å². The molecule has 1 saturated carbocycles. The number of benzene rings is 1. The number of nitrogens with zero attached hydrogens (tertiary/aromatic N) is 2. The lowest BCUT2D eigenvalue weighted by atomic mass is 10.1. The molecule has 0 spiro atoms. The van der Waals surface area contributed by atoms with Crippen LogP contribution in [0.15, 0.2) is 30.3 Å². The first-order chi connectivity index (χ1) is 13.0. The highest BCUT2D eigenvalue weighted by atomic mass is 32.2. The number of sulfonamides is 1. The molecule has 1 saturated heterocycles. The molecule has 7 heteroatoms. The van der Waals surface area contributed by atoms with Crippen LogP contribution in [0, 0.1) is 0 Å². The lowest BCUT2D eigenvalue weighted by Crippen LogP contribution is -2.52. The van der Waals surface area contributed by atoms with E-state index < -0.39 is 10.0 Å². The van der Waals surface area contributed by atoms with Crippen molar-refractivity contribution in [3.8, 4) is 0 Å². The van der Waals surface area contributed by atoms with E-state index in [1.165, 1.54) is 25.7 Å². The maximum Gasteiger partial charge on any atom is 0.234 e. The Balaban J connectivity index is 1.43. The molecule has 150 valence electrons. The fraction of sp³-hybridized carbons (Fsp3) is 0.650. The van der Waals surface area contributed by atoms with Gasteiger partial charge in [0.25, 0.3) is 0 Å². The molecule has 2 aliphatic rings. The zero-order valence-electron chi connectivity index (χ0n) is 16.0. The van der Waals surface area contributed by atoms with Crippen LogP contribution in [0.2, 0.25) is 0 Å². The summed E-state index contributed by atoms with van der Waals surface area (Å²) in [6.07, 6.45) is 7.10. The fourth-order valence-corrected chi connectivity index (χ4v) is 5.46. The molecular formula is C20H31N3O3S. The van der Waals surface area contributed by atoms with E-state index in [0.717, 1.165) is 18.4 Å². The van der Waals surface area contributed by atoms with Gasteiger partial charge in [0, 0.05) is 32.2 Å². The average molecular weight is 394 g/mol. The third kappa shape index (κ3) is 6.30. The Hall–Kier alpha value is -1.44. The van der Waals surface area contributed by atoms with Crippen molar-refractivity contribution in [1.82, 2.24) is 14.5 Å². The summed E-state index contributed by atoms with van der Waals surface area (Å²) in [5.41, 5.74) is 0.808. The number of carbonyl (C=O) groups is 1. The van der Waals surface area contributed by atoms with Crippen LogP contribution in [0.4, 0.5) is 0 Å². The van der Waals surface area contributed by atoms with E-state index in [9.17, 15) is 13.2 Å². The van der Waals surface area contributed by atoms with E-state index in [-0.39, 0.29) is 11.7 Å². The molecule has 1 aliphatic carbocycles. The lowest BCUT2D eigenvalue weighted by Gasteiger charge is -2.33. The summed E-state index contributed by atoms with van der Waals surface area (Å²) in [5, 5.41) is 3.17. The third-order valence-corrected chi connectivity index (χ3v) is 7.35. The molecule has 1 amide bonds. The Kier molecular flexibility index (Phi) is 7.26. The Bertz CT molecular complexity index is 692. The van der Waals surface area contributed by atoms with Crippen molar-refractivity contribution in [2.75, 3.05) is 32.7 Å². The monoisotopic (exact) mass is 393 g/mol. The molecule has 2 fully saturated rings. The molecule has 0 radical (unpaired) electrons. The molecule has 0 atom stereocenters. The van der Waals surface area contributed by atoms with Crippen molar-refractivity contribution >= 4 is 15.9 Å². The molecule has 1 aromatic carbocycles. The Morgan fingerprint density at radius 3 is 2.22 bits per heavy atom. The Labute approximate surface area is 163 Å². The van der Waals surface area contributed by atoms with Gasteiger partial charge in [0.15, 0.2) is 0 Å². The summed E-state index contributed by atoms with van der Waals surface area (Å²) in [4.78, 5) is 14.4. The van der Waals surface area contributed by atoms with Crippen molar-refractivity contribution in [3.05, 3.63) is 35.9 Å². The van der Waals surface area contributed by atoms with Crippen molar-refractivity contribution in [1.29, 1.82) is 0 Å². The van der Waals surface area contributed by atoms with Crippen LogP contribution in [0.1, 0.15) is 44.1 Å². The van der Waals surface area contributed by atoms with Crippen LogP contribution in [0.25, 0.3) is 0 Å². The topological polar surface area (TPSA) is 69.7 Å². The minimum absolute atomic E-state index is 0.0377. The number of piperazine rings is 1. The van der Waals surface area contributed by atoms with Gasteiger partial charge in [-0.2, -0.15) is 4.31 Å². The van der Waals surface area contributed by atoms with Crippen LogP contribution < -0.4 is 5.32 Å². The number of hydrogen-bond donors (Lipinski definition) is 1. The summed E-state index contributed by atoms with van der Waals surface area (Å²) in [6, 6.07) is 9.59. The molecule has 1 N–H and O–H groups in total. The first-order valence-corrected chi connectivity index (χ1v) is 11.7. The van der Waals surface area contributed by atoms with E-state index in [1.807, 2.05) is 30.3 Å². The maximum atomic E-state index is 12.6. The van der Waals surface area contributed by atoms with Crippen LogP contribution in [-0.2, 0) is 20.6 Å². The van der Waals surface area contributed by atoms with Gasteiger partial charge >= 0.3 is 0 Å². The highest BCUT2D eigenvalue weighted by Gasteiger charge is 2.28. The minimum Gasteiger partial charge on any atom is -0.352 e. The zero-order chi connectivity index (χ0) is 19.1. The number of carbonyl (C=O) groups excluding carboxylic acids is 1. The smallest absolute Gasteiger partial charge is 0.234 e. The van der Waals surface area contributed by atoms with Gasteiger partial charge in [-0.15, -0.1) is 0 Å². The van der Waals surface area contributed by atoms with E-state index in [4.69, 9.17) is 0 Å². The average Bonchev–Trinajstić information content (AvgIpc) is 2.91. The molecule has 1 aromatic rings. The Morgan fingerprint density at radius 2 is 1.59 bits per heavy atom. The van der Waals surface area contributed by atoms with Crippen LogP contribution in [0.5, 0.6) is 0 Å². The molecular weight excluding hydrogens is 362 g/mol. The van der Waals surface area contributed by atoms with E-state index in [1.54, 1.807) is 4.31 Å². The van der Waals surface area contributed by atoms with Gasteiger partial charge in [-0.3, -0.25) is 9.69 Å². The molecule has 1 aliphatic heterocycles. The number of amides is 1. The van der Waals surface area contributed by atoms with Crippen LogP contribution in [0.3, 0.4) is 0 Å². The summed E-state index contributed by atoms with van der Waals surface area (Å²) in [7, 11) is -3.31. The number of rotatable bonds is 6. The van der Waals surface area contributed by atoms with Gasteiger partial charge in [0.1, 0.15) is 0 Å². The molecule has 0 unspecified atom stereocenters. The maximum absolute atomic E-state index is 12.6. The largest absolute Gasteiger partial charge is 0.352 e. The van der Waals surface area contributed by atoms with Crippen LogP contribution >= 0.6 is 0 Å². The second kappa shape index (κ2) is 9.66. The molecule has 6 nitrogen and oxygen atoms in total. The van der Waals surface area contributed by atoms with Crippen molar-refractivity contribution < 1.29 is 13.2 Å². The third-order valence-electron chi connectivity index (χ3n) is 5.50. The summed E-state index contributed by atoms with van der Waals surface area (Å²) in [5.74, 6) is 0.109. The first kappa shape index (κ1) is 20.3. The molecule has 27 heavy (non-hydrogen) atoms. The molecule has 3 rings (SSSR count). The van der Waals surface area contributed by atoms with Crippen LogP contribution in [-0.4, -0.2) is 62.3 Å². The minimum atomic E-state index is -3.31. The SMILES string of the molecule is O=C(CN1CCN(S(=O)(=O)Cc2ccccc2)CC1)NC1CCCCCC1. The van der Waals surface area contributed by atoms with Gasteiger partial charge < -0.3 is 5.32 Å². The van der Waals surface area contributed by atoms with E-state index >= 15 is 0 Å². The number of hydrogen-bond acceptors (Lipinski definition) is 4. The van der Waals surface area contributed by atoms with Gasteiger partial charge in [-0.05, 0) is 18.4 Å². The molecule has 1 heterocycles. The first-order valence-electron chi connectivity index (χ1n) is 10.1. The standard InChI is InChI=1S/C20H31N3O3S/c24-20(21-19-10-6-1-2-7-11-19)16-22-12-14-23(15-13-22)27(25,26)17-18-8-4-3-5-9-18/h3-5,8-9,19H,1-2,6-7,10-17H2,(H,21,24). The van der Waals surface area contributed by atoms with Gasteiger partial charge in [0.05, 0.1) is 12.3 Å². The highest BCUT2D eigenvalue weighted by molar-refractivity contribution is 7.88. The fourth-order valence-electron chi connectivity index (χ4n) is 3.94. The molecule has 0 aromatic heterocycles. The normalized spacial score (nSPS) is 20.9. The van der Waals surface area contributed by atoms with Gasteiger partial charge in [-0.1, -0.05) is 56.0 Å². The quantitative estimate of drug-likeness (QED) is 0.751. The summed E-state index contributed by atoms with van der Waals surface area (Å²) < 4.78 is 26.8. The van der Waals surface area contributed by atoms with Crippen molar-refractivity contribution in [2.45, 2.75) is 50.3 Å². The van der Waals surface area contributed by atoms with E-state index in [2.05, 4.69) is 10.2 Å². The predicted molar refractivity (Wildman–Crippen MR) is 107 cm³/mol. The zero-order valence-corrected chi connectivity index (χ0v) is 16.8. The summed E-state index contributed by atoms with van der Waals surface area (Å²) >= 11 is 0. The van der Waals surface area contributed by atoms with Crippen molar-refractivity contribution in [2.24, 2.45) is 0 Å². The van der Waals surface area contributed by atoms with Crippen molar-refractivity contribution in [3.63, 3.8) is 0 Å². The highest BCUT2D eigenvalue weighted by Crippen LogP contribution is 2.17. The Morgan fingerprint density at radius 1 is 0.963 bits per heavy atom. The molecule has 0 bridgehead atoms. The van der Waals surface area contributed by atoms with Gasteiger partial charge in [-0.25, -0.2) is 8.42 Å². The number of nitrogens with one attached hydrogen (secondary N) is 1. The summed E-state index contributed by atoms with van der Waals surface area (Å²) in [6.45, 7) is 2.47. The second-order valence-corrected chi connectivity index (χ2v) is 9.64. The lowest BCUT2D eigenvalue weighted by molar-refractivity contribution is -0.123. The second-order valence-electron chi connectivity index (χ2n) is 7.67. The van der Waals surface area contributed by atoms with E-state index in [0.29, 0.717) is 38.8 Å². The predicted octanol–water partition coefficient (Wildman–Crippen LogP) is 1.97.